The average Bonchev–Trinajstić information content (AvgIpc) is 3.36. The number of nitrogens with zero attached hydrogens (tertiary/aromatic N) is 4. The maximum Gasteiger partial charge on any atom is 0.273 e. The van der Waals surface area contributed by atoms with Crippen LogP contribution >= 0.6 is 11.8 Å². The van der Waals surface area contributed by atoms with Crippen LogP contribution in [-0.2, 0) is 13.1 Å². The minimum atomic E-state index is -0.317. The summed E-state index contributed by atoms with van der Waals surface area (Å²) in [5.74, 6) is -0.621. The molecule has 0 fully saturated rings. The molecule has 4 rings (SSSR count). The Morgan fingerprint density at radius 1 is 1.14 bits per heavy atom. The lowest BCUT2D eigenvalue weighted by molar-refractivity contribution is 0.0945. The van der Waals surface area contributed by atoms with E-state index in [0.29, 0.717) is 6.54 Å². The predicted octanol–water partition coefficient (Wildman–Crippen LogP) is 3.91. The normalized spacial score (nSPS) is 16.0. The summed E-state index contributed by atoms with van der Waals surface area (Å²) in [5.41, 5.74) is 3.30. The summed E-state index contributed by atoms with van der Waals surface area (Å²) in [6.45, 7) is 3.10. The first-order valence-corrected chi connectivity index (χ1v) is 10.1. The van der Waals surface area contributed by atoms with Crippen molar-refractivity contribution < 1.29 is 9.18 Å². The summed E-state index contributed by atoms with van der Waals surface area (Å²) in [5, 5.41) is 13.1. The van der Waals surface area contributed by atoms with E-state index < -0.39 is 0 Å². The summed E-state index contributed by atoms with van der Waals surface area (Å²) in [6.07, 6.45) is 1.65. The van der Waals surface area contributed by atoms with Gasteiger partial charge in [-0.3, -0.25) is 4.79 Å². The third-order valence-corrected chi connectivity index (χ3v) is 5.80. The van der Waals surface area contributed by atoms with Gasteiger partial charge in [-0.2, -0.15) is 0 Å². The van der Waals surface area contributed by atoms with E-state index in [1.54, 1.807) is 34.8 Å². The van der Waals surface area contributed by atoms with Crippen molar-refractivity contribution in [2.24, 2.45) is 0 Å². The molecule has 8 heteroatoms. The Bertz CT molecular complexity index is 1020. The van der Waals surface area contributed by atoms with Crippen LogP contribution < -0.4 is 5.32 Å². The molecule has 0 aliphatic carbocycles. The number of thioether (sulfide) groups is 1. The zero-order valence-electron chi connectivity index (χ0n) is 15.8. The van der Waals surface area contributed by atoms with Gasteiger partial charge in [-0.05, 0) is 35.6 Å². The third kappa shape index (κ3) is 4.48. The van der Waals surface area contributed by atoms with Crippen molar-refractivity contribution >= 4 is 17.7 Å². The van der Waals surface area contributed by atoms with Crippen molar-refractivity contribution in [1.29, 1.82) is 0 Å². The molecule has 1 atom stereocenters. The molecule has 1 aromatic heterocycles. The van der Waals surface area contributed by atoms with Gasteiger partial charge in [0.1, 0.15) is 5.82 Å². The molecule has 1 aliphatic heterocycles. The van der Waals surface area contributed by atoms with Crippen molar-refractivity contribution in [2.75, 3.05) is 0 Å². The van der Waals surface area contributed by atoms with E-state index in [-0.39, 0.29) is 22.9 Å². The van der Waals surface area contributed by atoms with Crippen LogP contribution in [0.15, 0.2) is 71.9 Å². The number of nitrogens with one attached hydrogen (secondary N) is 1. The molecule has 0 saturated heterocycles. The van der Waals surface area contributed by atoms with Crippen molar-refractivity contribution in [3.8, 4) is 0 Å². The van der Waals surface area contributed by atoms with Gasteiger partial charge in [-0.1, -0.05) is 59.4 Å². The maximum absolute atomic E-state index is 13.0. The number of carbonyl (C=O) groups excluding carboxylic acids is 1. The molecular formula is C21H20FN5OS. The van der Waals surface area contributed by atoms with Crippen LogP contribution in [-0.4, -0.2) is 25.8 Å². The molecule has 0 spiro atoms. The molecule has 29 heavy (non-hydrogen) atoms. The van der Waals surface area contributed by atoms with E-state index in [1.165, 1.54) is 17.7 Å². The SMILES string of the molecule is CC1=CSC(n2cc(C(=O)NCc3ccc(F)cc3)nn2)N1Cc1ccccc1. The molecule has 1 N–H and O–H groups in total. The van der Waals surface area contributed by atoms with Crippen LogP contribution in [0.2, 0.25) is 0 Å². The number of benzene rings is 2. The lowest BCUT2D eigenvalue weighted by atomic mass is 10.2. The van der Waals surface area contributed by atoms with E-state index in [2.05, 4.69) is 45.0 Å². The highest BCUT2D eigenvalue weighted by Crippen LogP contribution is 2.39. The minimum Gasteiger partial charge on any atom is -0.347 e. The van der Waals surface area contributed by atoms with Crippen molar-refractivity contribution in [1.82, 2.24) is 25.2 Å². The largest absolute Gasteiger partial charge is 0.347 e. The number of rotatable bonds is 6. The van der Waals surface area contributed by atoms with Crippen LogP contribution in [0.4, 0.5) is 4.39 Å². The van der Waals surface area contributed by atoms with Crippen LogP contribution in [0.1, 0.15) is 34.0 Å². The van der Waals surface area contributed by atoms with Gasteiger partial charge in [0.05, 0.1) is 6.20 Å². The summed E-state index contributed by atoms with van der Waals surface area (Å²) >= 11 is 1.62. The predicted molar refractivity (Wildman–Crippen MR) is 110 cm³/mol. The smallest absolute Gasteiger partial charge is 0.273 e. The first-order chi connectivity index (χ1) is 14.1. The number of hydrogen-bond acceptors (Lipinski definition) is 5. The molecule has 1 aliphatic rings. The molecular weight excluding hydrogens is 389 g/mol. The molecule has 0 saturated carbocycles. The van der Waals surface area contributed by atoms with E-state index in [9.17, 15) is 9.18 Å². The third-order valence-electron chi connectivity index (χ3n) is 4.61. The molecule has 2 aromatic carbocycles. The van der Waals surface area contributed by atoms with Gasteiger partial charge < -0.3 is 10.2 Å². The van der Waals surface area contributed by atoms with Gasteiger partial charge in [-0.25, -0.2) is 9.07 Å². The van der Waals surface area contributed by atoms with Gasteiger partial charge in [0.25, 0.3) is 5.91 Å². The molecule has 1 amide bonds. The van der Waals surface area contributed by atoms with Crippen molar-refractivity contribution in [2.45, 2.75) is 25.5 Å². The van der Waals surface area contributed by atoms with Crippen LogP contribution in [0, 0.1) is 5.82 Å². The van der Waals surface area contributed by atoms with Crippen molar-refractivity contribution in [3.05, 3.63) is 94.5 Å². The topological polar surface area (TPSA) is 63.1 Å². The Labute approximate surface area is 172 Å². The summed E-state index contributed by atoms with van der Waals surface area (Å²) < 4.78 is 14.7. The minimum absolute atomic E-state index is 0.0960. The fraction of sp³-hybridized carbons (Fsp3) is 0.190. The summed E-state index contributed by atoms with van der Waals surface area (Å²) in [6, 6.07) is 16.2. The highest BCUT2D eigenvalue weighted by Gasteiger charge is 2.28. The fourth-order valence-corrected chi connectivity index (χ4v) is 4.10. The Morgan fingerprint density at radius 3 is 2.66 bits per heavy atom. The lowest BCUT2D eigenvalue weighted by Gasteiger charge is -2.27. The number of halogens is 1. The second kappa shape index (κ2) is 8.48. The van der Waals surface area contributed by atoms with Gasteiger partial charge >= 0.3 is 0 Å². The number of allylic oxidation sites excluding steroid dienone is 1. The number of amides is 1. The molecule has 148 valence electrons. The number of aromatic nitrogens is 3. The van der Waals surface area contributed by atoms with E-state index >= 15 is 0 Å². The monoisotopic (exact) mass is 409 g/mol. The first-order valence-electron chi connectivity index (χ1n) is 9.17. The van der Waals surface area contributed by atoms with Gasteiger partial charge in [0.15, 0.2) is 11.2 Å². The second-order valence-electron chi connectivity index (χ2n) is 6.73. The zero-order chi connectivity index (χ0) is 20.2. The Balaban J connectivity index is 1.42. The molecule has 0 bridgehead atoms. The highest BCUT2D eigenvalue weighted by molar-refractivity contribution is 8.02. The number of hydrogen-bond donors (Lipinski definition) is 1. The maximum atomic E-state index is 13.0. The Hall–Kier alpha value is -3.13. The molecule has 2 heterocycles. The Morgan fingerprint density at radius 2 is 1.90 bits per heavy atom. The van der Waals surface area contributed by atoms with Gasteiger partial charge in [-0.15, -0.1) is 5.10 Å². The van der Waals surface area contributed by atoms with E-state index in [0.717, 1.165) is 17.8 Å². The van der Waals surface area contributed by atoms with E-state index in [4.69, 9.17) is 0 Å². The standard InChI is InChI=1S/C21H20FN5OS/c1-15-14-29-21(26(15)12-17-5-3-2-4-6-17)27-13-19(24-25-27)20(28)23-11-16-7-9-18(22)10-8-16/h2-10,13-14,21H,11-12H2,1H3,(H,23,28). The molecule has 3 aromatic rings. The zero-order valence-corrected chi connectivity index (χ0v) is 16.6. The summed E-state index contributed by atoms with van der Waals surface area (Å²) in [7, 11) is 0. The van der Waals surface area contributed by atoms with Crippen LogP contribution in [0.3, 0.4) is 0 Å². The lowest BCUT2D eigenvalue weighted by Crippen LogP contribution is -2.26. The van der Waals surface area contributed by atoms with E-state index in [1.807, 2.05) is 18.2 Å². The molecule has 6 nitrogen and oxygen atoms in total. The van der Waals surface area contributed by atoms with Crippen molar-refractivity contribution in [3.63, 3.8) is 0 Å². The average molecular weight is 409 g/mol. The van der Waals surface area contributed by atoms with Gasteiger partial charge in [0.2, 0.25) is 0 Å². The number of carbonyl (C=O) groups is 1. The molecule has 1 unspecified atom stereocenters. The van der Waals surface area contributed by atoms with Crippen LogP contribution in [0.25, 0.3) is 0 Å². The van der Waals surface area contributed by atoms with Crippen LogP contribution in [0.5, 0.6) is 0 Å². The second-order valence-corrected chi connectivity index (χ2v) is 7.66. The quantitative estimate of drug-likeness (QED) is 0.669. The summed E-state index contributed by atoms with van der Waals surface area (Å²) in [4.78, 5) is 14.6. The first kappa shape index (κ1) is 19.2. The highest BCUT2D eigenvalue weighted by atomic mass is 32.2. The molecule has 0 radical (unpaired) electrons. The fourth-order valence-electron chi connectivity index (χ4n) is 3.03. The van der Waals surface area contributed by atoms with Gasteiger partial charge in [0, 0.05) is 18.8 Å². The Kier molecular flexibility index (Phi) is 5.62.